The second kappa shape index (κ2) is 6.63. The molecule has 0 aromatic heterocycles. The van der Waals surface area contributed by atoms with Gasteiger partial charge in [0, 0.05) is 33.4 Å². The van der Waals surface area contributed by atoms with Gasteiger partial charge in [-0.1, -0.05) is 6.58 Å². The number of nitrogens with zero attached hydrogens (tertiary/aromatic N) is 3. The van der Waals surface area contributed by atoms with Crippen molar-refractivity contribution in [3.63, 3.8) is 0 Å². The molecule has 0 unspecified atom stereocenters. The molecule has 0 saturated carbocycles. The molecule has 1 aliphatic heterocycles. The Hall–Kier alpha value is -1.72. The zero-order valence-corrected chi connectivity index (χ0v) is 13.0. The number of rotatable bonds is 5. The maximum absolute atomic E-state index is 11.6. The topological polar surface area (TPSA) is 57.2 Å². The van der Waals surface area contributed by atoms with Gasteiger partial charge in [0.1, 0.15) is 11.4 Å². The van der Waals surface area contributed by atoms with Crippen molar-refractivity contribution < 1.29 is 9.53 Å². The molecule has 20 heavy (non-hydrogen) atoms. The van der Waals surface area contributed by atoms with Gasteiger partial charge in [0.2, 0.25) is 0 Å². The van der Waals surface area contributed by atoms with Crippen molar-refractivity contribution in [2.45, 2.75) is 32.8 Å². The lowest BCUT2D eigenvalue weighted by Crippen LogP contribution is -2.36. The second-order valence-electron chi connectivity index (χ2n) is 6.06. The number of nitrogens with one attached hydrogen (secondary N) is 1. The van der Waals surface area contributed by atoms with Crippen LogP contribution in [0, 0.1) is 5.92 Å². The third-order valence-electron chi connectivity index (χ3n) is 3.17. The summed E-state index contributed by atoms with van der Waals surface area (Å²) in [5, 5.41) is 8.30. The minimum atomic E-state index is -0.460. The average Bonchev–Trinajstić information content (AvgIpc) is 2.81. The van der Waals surface area contributed by atoms with Crippen LogP contribution in [0.15, 0.2) is 17.5 Å². The maximum Gasteiger partial charge on any atom is 0.407 e. The van der Waals surface area contributed by atoms with E-state index in [1.165, 1.54) is 0 Å². The summed E-state index contributed by atoms with van der Waals surface area (Å²) in [5.74, 6) is 1.23. The molecule has 0 radical (unpaired) electrons. The molecule has 0 spiro atoms. The van der Waals surface area contributed by atoms with Crippen molar-refractivity contribution in [1.29, 1.82) is 0 Å². The minimum absolute atomic E-state index is 0.361. The summed E-state index contributed by atoms with van der Waals surface area (Å²) in [6.07, 6.45) is 0.652. The summed E-state index contributed by atoms with van der Waals surface area (Å²) in [5.41, 5.74) is -0.460. The van der Waals surface area contributed by atoms with E-state index < -0.39 is 5.60 Å². The summed E-state index contributed by atoms with van der Waals surface area (Å²) < 4.78 is 5.21. The molecule has 0 aromatic carbocycles. The van der Waals surface area contributed by atoms with Gasteiger partial charge in [-0.05, 0) is 33.1 Å². The monoisotopic (exact) mass is 282 g/mol. The molecule has 6 nitrogen and oxygen atoms in total. The van der Waals surface area contributed by atoms with E-state index in [1.54, 1.807) is 5.01 Å². The van der Waals surface area contributed by atoms with E-state index in [0.29, 0.717) is 12.5 Å². The van der Waals surface area contributed by atoms with E-state index >= 15 is 0 Å². The first-order valence-corrected chi connectivity index (χ1v) is 6.84. The highest BCUT2D eigenvalue weighted by Gasteiger charge is 2.25. The van der Waals surface area contributed by atoms with Crippen LogP contribution >= 0.6 is 0 Å². The Morgan fingerprint density at radius 1 is 1.55 bits per heavy atom. The van der Waals surface area contributed by atoms with Crippen LogP contribution in [0.2, 0.25) is 0 Å². The highest BCUT2D eigenvalue weighted by atomic mass is 16.6. The lowest BCUT2D eigenvalue weighted by atomic mass is 10.1. The van der Waals surface area contributed by atoms with Gasteiger partial charge in [-0.3, -0.25) is 5.01 Å². The molecule has 1 aliphatic rings. The number of alkyl carbamates (subject to hydrolysis) is 1. The molecule has 0 aliphatic carbocycles. The molecular formula is C14H26N4O2. The molecule has 6 heteroatoms. The fourth-order valence-corrected chi connectivity index (χ4v) is 2.06. The van der Waals surface area contributed by atoms with Gasteiger partial charge in [0.05, 0.1) is 0 Å². The van der Waals surface area contributed by atoms with Gasteiger partial charge in [-0.25, -0.2) is 4.79 Å². The van der Waals surface area contributed by atoms with Gasteiger partial charge in [-0.15, -0.1) is 0 Å². The van der Waals surface area contributed by atoms with Gasteiger partial charge in [0.15, 0.2) is 0 Å². The smallest absolute Gasteiger partial charge is 0.407 e. The summed E-state index contributed by atoms with van der Waals surface area (Å²) in [6, 6.07) is 0. The fraction of sp³-hybridized carbons (Fsp3) is 0.714. The number of carbonyl (C=O) groups is 1. The van der Waals surface area contributed by atoms with Crippen LogP contribution in [0.1, 0.15) is 27.2 Å². The number of carbonyl (C=O) groups excluding carboxylic acids is 1. The summed E-state index contributed by atoms with van der Waals surface area (Å²) in [4.78, 5) is 13.7. The Morgan fingerprint density at radius 2 is 2.20 bits per heavy atom. The van der Waals surface area contributed by atoms with Gasteiger partial charge < -0.3 is 15.0 Å². The summed E-state index contributed by atoms with van der Waals surface area (Å²) in [6.45, 7) is 15.4. The number of ether oxygens (including phenoxy) is 1. The highest BCUT2D eigenvalue weighted by Crippen LogP contribution is 2.20. The number of hydrazone groups is 1. The molecule has 1 atom stereocenters. The number of hydrogen-bond acceptors (Lipinski definition) is 5. The van der Waals surface area contributed by atoms with Crippen LogP contribution in [0.4, 0.5) is 4.79 Å². The Labute approximate surface area is 121 Å². The summed E-state index contributed by atoms with van der Waals surface area (Å²) >= 11 is 0. The van der Waals surface area contributed by atoms with Crippen molar-refractivity contribution in [2.75, 3.05) is 26.7 Å². The molecular weight excluding hydrogens is 256 g/mol. The van der Waals surface area contributed by atoms with Crippen molar-refractivity contribution in [1.82, 2.24) is 15.2 Å². The Balaban J connectivity index is 2.33. The molecule has 1 heterocycles. The van der Waals surface area contributed by atoms with E-state index in [1.807, 2.05) is 27.8 Å². The van der Waals surface area contributed by atoms with Crippen molar-refractivity contribution in [3.05, 3.63) is 12.4 Å². The van der Waals surface area contributed by atoms with Crippen LogP contribution in [-0.4, -0.2) is 55.0 Å². The molecule has 0 bridgehead atoms. The largest absolute Gasteiger partial charge is 0.444 e. The van der Waals surface area contributed by atoms with E-state index in [9.17, 15) is 4.79 Å². The average molecular weight is 282 g/mol. The SMILES string of the molecule is C=NN(C)C(=C)N1CC[C@@H](CNC(=O)OC(C)(C)C)C1. The molecule has 114 valence electrons. The molecule has 1 saturated heterocycles. The number of likely N-dealkylation sites (tertiary alicyclic amines) is 1. The highest BCUT2D eigenvalue weighted by molar-refractivity contribution is 5.67. The van der Waals surface area contributed by atoms with Gasteiger partial charge in [0.25, 0.3) is 0 Å². The predicted molar refractivity (Wildman–Crippen MR) is 80.4 cm³/mol. The molecule has 1 amide bonds. The van der Waals surface area contributed by atoms with Gasteiger partial charge >= 0.3 is 6.09 Å². The van der Waals surface area contributed by atoms with Gasteiger partial charge in [-0.2, -0.15) is 5.10 Å². The van der Waals surface area contributed by atoms with Crippen molar-refractivity contribution in [3.8, 4) is 0 Å². The van der Waals surface area contributed by atoms with E-state index in [-0.39, 0.29) is 6.09 Å². The normalized spacial score (nSPS) is 18.6. The lowest BCUT2D eigenvalue weighted by Gasteiger charge is -2.26. The second-order valence-corrected chi connectivity index (χ2v) is 6.06. The van der Waals surface area contributed by atoms with Crippen LogP contribution in [0.5, 0.6) is 0 Å². The lowest BCUT2D eigenvalue weighted by molar-refractivity contribution is 0.0520. The number of hydrogen-bond donors (Lipinski definition) is 1. The van der Waals surface area contributed by atoms with Crippen LogP contribution in [-0.2, 0) is 4.74 Å². The molecule has 1 rings (SSSR count). The van der Waals surface area contributed by atoms with Crippen LogP contribution in [0.3, 0.4) is 0 Å². The van der Waals surface area contributed by atoms with E-state index in [2.05, 4.69) is 28.6 Å². The first kappa shape index (κ1) is 16.3. The first-order valence-electron chi connectivity index (χ1n) is 6.84. The fourth-order valence-electron chi connectivity index (χ4n) is 2.06. The quantitative estimate of drug-likeness (QED) is 0.617. The Kier molecular flexibility index (Phi) is 5.42. The molecule has 1 fully saturated rings. The Morgan fingerprint density at radius 3 is 2.75 bits per heavy atom. The molecule has 1 N–H and O–H groups in total. The van der Waals surface area contributed by atoms with E-state index in [0.717, 1.165) is 25.3 Å². The Bertz CT molecular complexity index is 376. The van der Waals surface area contributed by atoms with Crippen LogP contribution < -0.4 is 5.32 Å². The van der Waals surface area contributed by atoms with E-state index in [4.69, 9.17) is 4.74 Å². The third kappa shape index (κ3) is 5.11. The molecule has 0 aromatic rings. The van der Waals surface area contributed by atoms with Crippen LogP contribution in [0.25, 0.3) is 0 Å². The predicted octanol–water partition coefficient (Wildman–Crippen LogP) is 1.85. The van der Waals surface area contributed by atoms with Crippen molar-refractivity contribution in [2.24, 2.45) is 11.0 Å². The van der Waals surface area contributed by atoms with Crippen molar-refractivity contribution >= 4 is 12.8 Å². The first-order chi connectivity index (χ1) is 9.23. The summed E-state index contributed by atoms with van der Waals surface area (Å²) in [7, 11) is 1.82. The number of amides is 1. The zero-order chi connectivity index (χ0) is 15.3. The third-order valence-corrected chi connectivity index (χ3v) is 3.17. The standard InChI is InChI=1S/C14H26N4O2/c1-11(17(6)15-5)18-8-7-12(10-18)9-16-13(19)20-14(2,3)4/h12H,1,5,7-10H2,2-4,6H3,(H,16,19)/t12-/m0/s1. The minimum Gasteiger partial charge on any atom is -0.444 e. The maximum atomic E-state index is 11.6. The zero-order valence-electron chi connectivity index (χ0n) is 13.0.